The minimum absolute atomic E-state index is 0.0153. The fraction of sp³-hybridized carbons (Fsp3) is 0.125. The predicted molar refractivity (Wildman–Crippen MR) is 49.8 cm³/mol. The first-order valence-corrected chi connectivity index (χ1v) is 3.97. The Morgan fingerprint density at radius 1 is 1.57 bits per heavy atom. The van der Waals surface area contributed by atoms with E-state index in [4.69, 9.17) is 16.3 Å². The van der Waals surface area contributed by atoms with Crippen LogP contribution in [0.2, 0.25) is 0 Å². The molecule has 0 heterocycles. The summed E-state index contributed by atoms with van der Waals surface area (Å²) in [7, 11) is 1.28. The van der Waals surface area contributed by atoms with Crippen LogP contribution in [0.5, 0.6) is 5.75 Å². The van der Waals surface area contributed by atoms with E-state index in [9.17, 15) is 14.9 Å². The van der Waals surface area contributed by atoms with Crippen LogP contribution in [-0.2, 0) is 0 Å². The van der Waals surface area contributed by atoms with Gasteiger partial charge in [0.25, 0.3) is 5.24 Å². The van der Waals surface area contributed by atoms with E-state index in [1.807, 2.05) is 0 Å². The van der Waals surface area contributed by atoms with Gasteiger partial charge in [0.05, 0.1) is 12.0 Å². The quantitative estimate of drug-likeness (QED) is 0.439. The van der Waals surface area contributed by atoms with E-state index in [2.05, 4.69) is 0 Å². The normalized spacial score (nSPS) is 9.57. The number of rotatable bonds is 3. The maximum atomic E-state index is 10.8. The first-order valence-electron chi connectivity index (χ1n) is 3.59. The molecule has 0 radical (unpaired) electrons. The second-order valence-corrected chi connectivity index (χ2v) is 2.73. The lowest BCUT2D eigenvalue weighted by Crippen LogP contribution is -2.00. The van der Waals surface area contributed by atoms with Crippen molar-refractivity contribution >= 4 is 22.5 Å². The van der Waals surface area contributed by atoms with Gasteiger partial charge in [0, 0.05) is 0 Å². The minimum atomic E-state index is -0.879. The third-order valence-corrected chi connectivity index (χ3v) is 1.82. The third kappa shape index (κ3) is 1.82. The Hall–Kier alpha value is -1.62. The number of ether oxygens (including phenoxy) is 1. The van der Waals surface area contributed by atoms with Crippen LogP contribution < -0.4 is 4.74 Å². The van der Waals surface area contributed by atoms with Gasteiger partial charge in [-0.3, -0.25) is 14.9 Å². The van der Waals surface area contributed by atoms with Crippen molar-refractivity contribution in [2.45, 2.75) is 0 Å². The van der Waals surface area contributed by atoms with E-state index in [1.54, 1.807) is 0 Å². The van der Waals surface area contributed by atoms with Crippen molar-refractivity contribution in [3.8, 4) is 5.75 Å². The van der Waals surface area contributed by atoms with Crippen LogP contribution in [0, 0.1) is 10.1 Å². The molecule has 0 bridgehead atoms. The topological polar surface area (TPSA) is 69.4 Å². The zero-order valence-electron chi connectivity index (χ0n) is 7.19. The van der Waals surface area contributed by atoms with E-state index >= 15 is 0 Å². The van der Waals surface area contributed by atoms with Crippen LogP contribution >= 0.6 is 11.6 Å². The molecule has 0 amide bonds. The average Bonchev–Trinajstić information content (AvgIpc) is 2.16. The lowest BCUT2D eigenvalue weighted by molar-refractivity contribution is -0.386. The highest BCUT2D eigenvalue weighted by Gasteiger charge is 2.23. The lowest BCUT2D eigenvalue weighted by atomic mass is 10.2. The molecule has 6 heteroatoms. The van der Waals surface area contributed by atoms with E-state index < -0.39 is 15.9 Å². The fourth-order valence-electron chi connectivity index (χ4n) is 1.03. The maximum absolute atomic E-state index is 10.8. The molecule has 0 fully saturated rings. The molecule has 0 atom stereocenters. The number of para-hydroxylation sites is 1. The molecule has 0 unspecified atom stereocenters. The highest BCUT2D eigenvalue weighted by atomic mass is 35.5. The Morgan fingerprint density at radius 3 is 2.64 bits per heavy atom. The van der Waals surface area contributed by atoms with Gasteiger partial charge in [-0.25, -0.2) is 0 Å². The largest absolute Gasteiger partial charge is 0.490 e. The van der Waals surface area contributed by atoms with Crippen molar-refractivity contribution in [2.75, 3.05) is 7.11 Å². The Labute approximate surface area is 84.4 Å². The van der Waals surface area contributed by atoms with Crippen LogP contribution in [0.15, 0.2) is 18.2 Å². The molecular weight excluding hydrogens is 210 g/mol. The smallest absolute Gasteiger partial charge is 0.322 e. The molecule has 1 rings (SSSR count). The van der Waals surface area contributed by atoms with Gasteiger partial charge in [-0.2, -0.15) is 0 Å². The first kappa shape index (κ1) is 10.5. The summed E-state index contributed by atoms with van der Waals surface area (Å²) in [6.07, 6.45) is 0. The Kier molecular flexibility index (Phi) is 3.03. The van der Waals surface area contributed by atoms with Gasteiger partial charge < -0.3 is 4.74 Å². The Bertz CT molecular complexity index is 391. The van der Waals surface area contributed by atoms with E-state index in [-0.39, 0.29) is 11.3 Å². The van der Waals surface area contributed by atoms with Crippen molar-refractivity contribution in [1.82, 2.24) is 0 Å². The second-order valence-electron chi connectivity index (χ2n) is 2.39. The molecule has 1 aromatic carbocycles. The van der Waals surface area contributed by atoms with Gasteiger partial charge >= 0.3 is 5.69 Å². The van der Waals surface area contributed by atoms with Gasteiger partial charge in [-0.15, -0.1) is 0 Å². The summed E-state index contributed by atoms with van der Waals surface area (Å²) >= 11 is 5.18. The summed E-state index contributed by atoms with van der Waals surface area (Å²) in [4.78, 5) is 20.8. The molecule has 0 aliphatic heterocycles. The molecule has 0 spiro atoms. The number of hydrogen-bond donors (Lipinski definition) is 0. The molecule has 0 saturated carbocycles. The highest BCUT2D eigenvalue weighted by molar-refractivity contribution is 6.68. The van der Waals surface area contributed by atoms with Gasteiger partial charge in [-0.05, 0) is 23.7 Å². The van der Waals surface area contributed by atoms with Gasteiger partial charge in [-0.1, -0.05) is 6.07 Å². The summed E-state index contributed by atoms with van der Waals surface area (Å²) in [5.41, 5.74) is -0.578. The van der Waals surface area contributed by atoms with Crippen molar-refractivity contribution in [1.29, 1.82) is 0 Å². The fourth-order valence-corrected chi connectivity index (χ4v) is 1.19. The number of hydrogen-bond acceptors (Lipinski definition) is 4. The van der Waals surface area contributed by atoms with Crippen LogP contribution in [0.4, 0.5) is 5.69 Å². The van der Waals surface area contributed by atoms with Crippen LogP contribution in [-0.4, -0.2) is 17.3 Å². The number of nitro groups is 1. The molecule has 0 aromatic heterocycles. The number of nitrogens with zero attached hydrogens (tertiary/aromatic N) is 1. The predicted octanol–water partition coefficient (Wildman–Crippen LogP) is 1.98. The van der Waals surface area contributed by atoms with Gasteiger partial charge in [0.1, 0.15) is 5.56 Å². The van der Waals surface area contributed by atoms with Crippen molar-refractivity contribution in [3.05, 3.63) is 33.9 Å². The molecule has 5 nitrogen and oxygen atoms in total. The van der Waals surface area contributed by atoms with Gasteiger partial charge in [0.2, 0.25) is 0 Å². The number of carbonyl (C=O) groups is 1. The highest BCUT2D eigenvalue weighted by Crippen LogP contribution is 2.31. The monoisotopic (exact) mass is 215 g/mol. The van der Waals surface area contributed by atoms with Gasteiger partial charge in [0.15, 0.2) is 5.75 Å². The van der Waals surface area contributed by atoms with Crippen molar-refractivity contribution < 1.29 is 14.5 Å². The number of halogens is 1. The number of benzene rings is 1. The third-order valence-electron chi connectivity index (χ3n) is 1.61. The lowest BCUT2D eigenvalue weighted by Gasteiger charge is -2.02. The average molecular weight is 216 g/mol. The summed E-state index contributed by atoms with van der Waals surface area (Å²) < 4.78 is 4.74. The SMILES string of the molecule is COc1cccc(C(=O)Cl)c1[N+](=O)[O-]. The molecule has 0 aliphatic carbocycles. The molecule has 1 aromatic rings. The standard InChI is InChI=1S/C8H6ClNO4/c1-14-6-4-2-3-5(8(9)11)7(6)10(12)13/h2-4H,1H3. The number of nitro benzene ring substituents is 1. The molecular formula is C8H6ClNO4. The second kappa shape index (κ2) is 4.06. The Morgan fingerprint density at radius 2 is 2.21 bits per heavy atom. The van der Waals surface area contributed by atoms with Crippen LogP contribution in [0.3, 0.4) is 0 Å². The van der Waals surface area contributed by atoms with Crippen molar-refractivity contribution in [3.63, 3.8) is 0 Å². The van der Waals surface area contributed by atoms with E-state index in [1.165, 1.54) is 25.3 Å². The summed E-state index contributed by atoms with van der Waals surface area (Å²) in [6, 6.07) is 4.12. The summed E-state index contributed by atoms with van der Waals surface area (Å²) in [5, 5.41) is 9.74. The Balaban J connectivity index is 3.43. The first-order chi connectivity index (χ1) is 6.57. The molecule has 74 valence electrons. The van der Waals surface area contributed by atoms with Crippen LogP contribution in [0.25, 0.3) is 0 Å². The minimum Gasteiger partial charge on any atom is -0.490 e. The van der Waals surface area contributed by atoms with Crippen molar-refractivity contribution in [2.24, 2.45) is 0 Å². The molecule has 0 saturated heterocycles. The van der Waals surface area contributed by atoms with Crippen LogP contribution in [0.1, 0.15) is 10.4 Å². The summed E-state index contributed by atoms with van der Waals surface area (Å²) in [6.45, 7) is 0. The number of methoxy groups -OCH3 is 1. The molecule has 0 N–H and O–H groups in total. The summed E-state index contributed by atoms with van der Waals surface area (Å²) in [5.74, 6) is 0.0153. The van der Waals surface area contributed by atoms with E-state index in [0.717, 1.165) is 0 Å². The zero-order chi connectivity index (χ0) is 10.7. The number of carbonyl (C=O) groups excluding carboxylic acids is 1. The molecule has 0 aliphatic rings. The molecule has 14 heavy (non-hydrogen) atoms. The van der Waals surface area contributed by atoms with E-state index in [0.29, 0.717) is 0 Å². The maximum Gasteiger partial charge on any atom is 0.322 e. The zero-order valence-corrected chi connectivity index (χ0v) is 7.95.